The third kappa shape index (κ3) is 3.91. The number of amides is 2. The number of carbonyl (C=O) groups excluding carboxylic acids is 2. The van der Waals surface area contributed by atoms with Crippen LogP contribution < -0.4 is 0 Å². The van der Waals surface area contributed by atoms with Crippen molar-refractivity contribution in [1.82, 2.24) is 4.90 Å². The van der Waals surface area contributed by atoms with Gasteiger partial charge in [0.1, 0.15) is 0 Å². The smallest absolute Gasteiger partial charge is 0.262 e. The summed E-state index contributed by atoms with van der Waals surface area (Å²) in [6.07, 6.45) is 3.46. The van der Waals surface area contributed by atoms with Crippen LogP contribution in [0.3, 0.4) is 0 Å². The van der Waals surface area contributed by atoms with E-state index in [-0.39, 0.29) is 23.5 Å². The molecule has 0 saturated heterocycles. The van der Waals surface area contributed by atoms with E-state index in [1.165, 1.54) is 0 Å². The van der Waals surface area contributed by atoms with Gasteiger partial charge in [-0.05, 0) is 30.3 Å². The fourth-order valence-electron chi connectivity index (χ4n) is 2.42. The molecule has 0 saturated carbocycles. The summed E-state index contributed by atoms with van der Waals surface area (Å²) < 4.78 is 6.05. The van der Waals surface area contributed by atoms with Crippen molar-refractivity contribution in [3.05, 3.63) is 47.5 Å². The number of hydrogen-bond donors (Lipinski definition) is 1. The topological polar surface area (TPSA) is 66.8 Å². The van der Waals surface area contributed by atoms with E-state index in [9.17, 15) is 14.7 Å². The number of carbonyl (C=O) groups is 2. The number of aliphatic hydroxyl groups is 1. The summed E-state index contributed by atoms with van der Waals surface area (Å²) >= 11 is 0. The lowest BCUT2D eigenvalue weighted by atomic mass is 10.1. The number of fused-ring (bicyclic) bond motifs is 1. The van der Waals surface area contributed by atoms with Gasteiger partial charge >= 0.3 is 0 Å². The highest BCUT2D eigenvalue weighted by Gasteiger charge is 2.39. The van der Waals surface area contributed by atoms with E-state index >= 15 is 0 Å². The van der Waals surface area contributed by atoms with Crippen LogP contribution in [0.15, 0.2) is 36.4 Å². The standard InChI is InChI=1S/C19H27NO4Si/c1-19(2,3)25(4,5)24-12-8-9-14(13-21)20-17(22)15-10-6-7-11-16(15)18(20)23/h6-11,14,21H,12-13H2,1-5H3/b9-8+/t14-/m0/s1. The van der Waals surface area contributed by atoms with E-state index in [2.05, 4.69) is 33.9 Å². The van der Waals surface area contributed by atoms with Crippen molar-refractivity contribution in [3.63, 3.8) is 0 Å². The van der Waals surface area contributed by atoms with E-state index in [4.69, 9.17) is 4.43 Å². The van der Waals surface area contributed by atoms with Gasteiger partial charge in [0.25, 0.3) is 11.8 Å². The maximum Gasteiger partial charge on any atom is 0.262 e. The summed E-state index contributed by atoms with van der Waals surface area (Å²) in [5, 5.41) is 9.77. The molecule has 136 valence electrons. The van der Waals surface area contributed by atoms with Gasteiger partial charge in [0.2, 0.25) is 0 Å². The van der Waals surface area contributed by atoms with E-state index < -0.39 is 14.4 Å². The van der Waals surface area contributed by atoms with Gasteiger partial charge in [0.05, 0.1) is 30.4 Å². The SMILES string of the molecule is CC(C)(C)[Si](C)(C)OC/C=C/[C@@H](CO)N1C(=O)c2ccccc2C1=O. The van der Waals surface area contributed by atoms with E-state index in [0.717, 1.165) is 4.90 Å². The molecule has 25 heavy (non-hydrogen) atoms. The molecular weight excluding hydrogens is 334 g/mol. The fraction of sp³-hybridized carbons (Fsp3) is 0.474. The van der Waals surface area contributed by atoms with E-state index in [0.29, 0.717) is 17.7 Å². The first-order chi connectivity index (χ1) is 11.6. The molecule has 0 aliphatic carbocycles. The molecule has 1 aliphatic rings. The summed E-state index contributed by atoms with van der Waals surface area (Å²) in [4.78, 5) is 26.1. The van der Waals surface area contributed by atoms with Crippen LogP contribution in [0.25, 0.3) is 0 Å². The Balaban J connectivity index is 2.07. The van der Waals surface area contributed by atoms with Crippen molar-refractivity contribution in [1.29, 1.82) is 0 Å². The Kier molecular flexibility index (Phi) is 5.66. The van der Waals surface area contributed by atoms with Crippen molar-refractivity contribution in [2.24, 2.45) is 0 Å². The molecule has 2 amide bonds. The zero-order valence-electron chi connectivity index (χ0n) is 15.6. The molecule has 1 aliphatic heterocycles. The minimum Gasteiger partial charge on any atom is -0.413 e. The third-order valence-electron chi connectivity index (χ3n) is 5.05. The van der Waals surface area contributed by atoms with Gasteiger partial charge in [-0.3, -0.25) is 14.5 Å². The van der Waals surface area contributed by atoms with Crippen molar-refractivity contribution in [3.8, 4) is 0 Å². The second-order valence-electron chi connectivity index (χ2n) is 7.78. The maximum absolute atomic E-state index is 12.5. The van der Waals surface area contributed by atoms with Gasteiger partial charge < -0.3 is 9.53 Å². The molecule has 6 heteroatoms. The Hall–Kier alpha value is -1.76. The predicted molar refractivity (Wildman–Crippen MR) is 100 cm³/mol. The Labute approximate surface area is 150 Å². The van der Waals surface area contributed by atoms with Gasteiger partial charge in [0, 0.05) is 0 Å². The molecule has 5 nitrogen and oxygen atoms in total. The first-order valence-corrected chi connectivity index (χ1v) is 11.4. The molecule has 0 bridgehead atoms. The van der Waals surface area contributed by atoms with Crippen LogP contribution in [0.2, 0.25) is 18.1 Å². The molecule has 1 aromatic carbocycles. The number of rotatable bonds is 6. The van der Waals surface area contributed by atoms with E-state index in [1.807, 2.05) is 0 Å². The summed E-state index contributed by atoms with van der Waals surface area (Å²) in [5.41, 5.74) is 0.772. The van der Waals surface area contributed by atoms with Crippen molar-refractivity contribution in [2.75, 3.05) is 13.2 Å². The van der Waals surface area contributed by atoms with Crippen LogP contribution >= 0.6 is 0 Å². The highest BCUT2D eigenvalue weighted by molar-refractivity contribution is 6.74. The fourth-order valence-corrected chi connectivity index (χ4v) is 3.37. The lowest BCUT2D eigenvalue weighted by Gasteiger charge is -2.35. The summed E-state index contributed by atoms with van der Waals surface area (Å²) in [7, 11) is -1.86. The molecule has 1 N–H and O–H groups in total. The van der Waals surface area contributed by atoms with Crippen molar-refractivity contribution in [2.45, 2.75) is 44.9 Å². The lowest BCUT2D eigenvalue weighted by Crippen LogP contribution is -2.41. The van der Waals surface area contributed by atoms with Gasteiger partial charge in [-0.15, -0.1) is 0 Å². The zero-order chi connectivity index (χ0) is 18.8. The molecule has 0 radical (unpaired) electrons. The van der Waals surface area contributed by atoms with Gasteiger partial charge in [-0.25, -0.2) is 0 Å². The quantitative estimate of drug-likeness (QED) is 0.480. The summed E-state index contributed by atoms with van der Waals surface area (Å²) in [6, 6.07) is 6.03. The average molecular weight is 362 g/mol. The number of aliphatic hydroxyl groups excluding tert-OH is 1. The molecule has 0 unspecified atom stereocenters. The number of nitrogens with zero attached hydrogens (tertiary/aromatic N) is 1. The molecule has 0 aromatic heterocycles. The van der Waals surface area contributed by atoms with E-state index in [1.54, 1.807) is 36.4 Å². The number of imide groups is 1. The first kappa shape index (κ1) is 19.6. The lowest BCUT2D eigenvalue weighted by molar-refractivity contribution is 0.0564. The Bertz CT molecular complexity index is 656. The molecule has 0 spiro atoms. The normalized spacial score (nSPS) is 16.6. The minimum absolute atomic E-state index is 0.111. The largest absolute Gasteiger partial charge is 0.413 e. The molecule has 1 atom stereocenters. The highest BCUT2D eigenvalue weighted by atomic mass is 28.4. The Morgan fingerprint density at radius 3 is 2.12 bits per heavy atom. The van der Waals surface area contributed by atoms with Crippen LogP contribution in [-0.4, -0.2) is 49.4 Å². The molecule has 2 rings (SSSR count). The molecular formula is C19H27NO4Si. The predicted octanol–water partition coefficient (Wildman–Crippen LogP) is 3.22. The van der Waals surface area contributed by atoms with Crippen LogP contribution in [0.5, 0.6) is 0 Å². The van der Waals surface area contributed by atoms with Crippen LogP contribution in [-0.2, 0) is 4.43 Å². The molecule has 1 heterocycles. The highest BCUT2D eigenvalue weighted by Crippen LogP contribution is 2.36. The average Bonchev–Trinajstić information content (AvgIpc) is 2.79. The Morgan fingerprint density at radius 2 is 1.68 bits per heavy atom. The second-order valence-corrected chi connectivity index (χ2v) is 12.6. The first-order valence-electron chi connectivity index (χ1n) is 8.48. The van der Waals surface area contributed by atoms with Crippen molar-refractivity contribution >= 4 is 20.1 Å². The van der Waals surface area contributed by atoms with Gasteiger partial charge in [-0.1, -0.05) is 45.1 Å². The van der Waals surface area contributed by atoms with Gasteiger partial charge in [0.15, 0.2) is 8.32 Å². The summed E-state index contributed by atoms with van der Waals surface area (Å²) in [6.45, 7) is 10.9. The minimum atomic E-state index is -1.86. The summed E-state index contributed by atoms with van der Waals surface area (Å²) in [5.74, 6) is -0.732. The van der Waals surface area contributed by atoms with Crippen LogP contribution in [0.4, 0.5) is 0 Å². The molecule has 0 fully saturated rings. The monoisotopic (exact) mass is 361 g/mol. The Morgan fingerprint density at radius 1 is 1.16 bits per heavy atom. The number of hydrogen-bond acceptors (Lipinski definition) is 4. The van der Waals surface area contributed by atoms with Crippen LogP contribution in [0, 0.1) is 0 Å². The zero-order valence-corrected chi connectivity index (χ0v) is 16.6. The number of benzene rings is 1. The van der Waals surface area contributed by atoms with Gasteiger partial charge in [-0.2, -0.15) is 0 Å². The maximum atomic E-state index is 12.5. The second kappa shape index (κ2) is 7.23. The van der Waals surface area contributed by atoms with Crippen molar-refractivity contribution < 1.29 is 19.1 Å². The molecule has 1 aromatic rings. The van der Waals surface area contributed by atoms with Crippen LogP contribution in [0.1, 0.15) is 41.5 Å². The third-order valence-corrected chi connectivity index (χ3v) is 9.55.